The van der Waals surface area contributed by atoms with Crippen LogP contribution in [0.3, 0.4) is 0 Å². The largest absolute Gasteiger partial charge is 0.349 e. The summed E-state index contributed by atoms with van der Waals surface area (Å²) in [6.45, 7) is 2.48. The highest BCUT2D eigenvalue weighted by molar-refractivity contribution is 5.79. The van der Waals surface area contributed by atoms with Crippen molar-refractivity contribution < 1.29 is 9.59 Å². The molecule has 1 aliphatic carbocycles. The zero-order valence-corrected chi connectivity index (χ0v) is 11.7. The molecule has 0 aromatic heterocycles. The van der Waals surface area contributed by atoms with Crippen molar-refractivity contribution >= 4 is 11.8 Å². The standard InChI is InChI=1S/C13H25N3O2/c1-13(9-14,10-7-8-10)15-11(17)5-4-6-12(18)16(2)3/h10H,4-9,14H2,1-3H3,(H,15,17). The number of amides is 2. The number of nitrogens with zero attached hydrogens (tertiary/aromatic N) is 1. The van der Waals surface area contributed by atoms with Gasteiger partial charge in [0, 0.05) is 33.5 Å². The molecule has 0 aliphatic heterocycles. The Morgan fingerprint density at radius 2 is 1.94 bits per heavy atom. The van der Waals surface area contributed by atoms with E-state index in [0.29, 0.717) is 31.7 Å². The van der Waals surface area contributed by atoms with Gasteiger partial charge in [-0.1, -0.05) is 0 Å². The smallest absolute Gasteiger partial charge is 0.222 e. The third-order valence-corrected chi connectivity index (χ3v) is 3.62. The molecule has 3 N–H and O–H groups in total. The molecule has 1 atom stereocenters. The predicted octanol–water partition coefficient (Wildman–Crippen LogP) is 0.489. The zero-order chi connectivity index (χ0) is 13.8. The number of hydrogen-bond acceptors (Lipinski definition) is 3. The molecule has 5 heteroatoms. The molecule has 104 valence electrons. The molecule has 2 amide bonds. The zero-order valence-electron chi connectivity index (χ0n) is 11.7. The topological polar surface area (TPSA) is 75.4 Å². The Morgan fingerprint density at radius 1 is 1.33 bits per heavy atom. The number of carbonyl (C=O) groups excluding carboxylic acids is 2. The molecule has 5 nitrogen and oxygen atoms in total. The molecule has 1 unspecified atom stereocenters. The summed E-state index contributed by atoms with van der Waals surface area (Å²) in [7, 11) is 3.45. The van der Waals surface area contributed by atoms with Crippen molar-refractivity contribution in [2.45, 2.75) is 44.6 Å². The molecule has 1 aliphatic rings. The second-order valence-electron chi connectivity index (χ2n) is 5.59. The number of carbonyl (C=O) groups is 2. The summed E-state index contributed by atoms with van der Waals surface area (Å²) in [5.74, 6) is 0.586. The molecule has 18 heavy (non-hydrogen) atoms. The first-order valence-corrected chi connectivity index (χ1v) is 6.60. The molecule has 0 heterocycles. The lowest BCUT2D eigenvalue weighted by Gasteiger charge is -2.29. The van der Waals surface area contributed by atoms with Crippen molar-refractivity contribution in [2.75, 3.05) is 20.6 Å². The van der Waals surface area contributed by atoms with E-state index in [0.717, 1.165) is 12.8 Å². The first-order chi connectivity index (χ1) is 8.39. The number of nitrogens with one attached hydrogen (secondary N) is 1. The minimum atomic E-state index is -0.261. The molecule has 1 rings (SSSR count). The van der Waals surface area contributed by atoms with E-state index in [1.165, 1.54) is 0 Å². The van der Waals surface area contributed by atoms with E-state index in [9.17, 15) is 9.59 Å². The maximum Gasteiger partial charge on any atom is 0.222 e. The van der Waals surface area contributed by atoms with Gasteiger partial charge in [-0.2, -0.15) is 0 Å². The lowest BCUT2D eigenvalue weighted by atomic mass is 9.95. The maximum absolute atomic E-state index is 11.8. The van der Waals surface area contributed by atoms with Crippen LogP contribution < -0.4 is 11.1 Å². The Morgan fingerprint density at radius 3 is 2.39 bits per heavy atom. The van der Waals surface area contributed by atoms with Gasteiger partial charge in [0.1, 0.15) is 0 Å². The molecule has 0 saturated heterocycles. The second-order valence-corrected chi connectivity index (χ2v) is 5.59. The molecule has 0 radical (unpaired) electrons. The molecular formula is C13H25N3O2. The van der Waals surface area contributed by atoms with Gasteiger partial charge in [0.25, 0.3) is 0 Å². The Balaban J connectivity index is 2.26. The molecule has 0 aromatic rings. The lowest BCUT2D eigenvalue weighted by Crippen LogP contribution is -2.53. The third kappa shape index (κ3) is 4.29. The quantitative estimate of drug-likeness (QED) is 0.695. The van der Waals surface area contributed by atoms with E-state index in [-0.39, 0.29) is 17.4 Å². The van der Waals surface area contributed by atoms with E-state index in [2.05, 4.69) is 5.32 Å². The summed E-state index contributed by atoms with van der Waals surface area (Å²) in [6.07, 6.45) is 3.69. The van der Waals surface area contributed by atoms with Crippen molar-refractivity contribution in [3.63, 3.8) is 0 Å². The second kappa shape index (κ2) is 6.18. The summed E-state index contributed by atoms with van der Waals surface area (Å²) in [5, 5.41) is 3.02. The van der Waals surface area contributed by atoms with Crippen LogP contribution in [-0.2, 0) is 9.59 Å². The van der Waals surface area contributed by atoms with Gasteiger partial charge < -0.3 is 16.0 Å². The van der Waals surface area contributed by atoms with E-state index < -0.39 is 0 Å². The van der Waals surface area contributed by atoms with Crippen molar-refractivity contribution in [3.05, 3.63) is 0 Å². The Kier molecular flexibility index (Phi) is 5.14. The van der Waals surface area contributed by atoms with Gasteiger partial charge in [-0.3, -0.25) is 9.59 Å². The van der Waals surface area contributed by atoms with Crippen molar-refractivity contribution in [2.24, 2.45) is 11.7 Å². The fourth-order valence-electron chi connectivity index (χ4n) is 2.05. The fourth-order valence-corrected chi connectivity index (χ4v) is 2.05. The van der Waals surface area contributed by atoms with Crippen LogP contribution in [0.4, 0.5) is 0 Å². The van der Waals surface area contributed by atoms with Gasteiger partial charge in [0.2, 0.25) is 11.8 Å². The molecule has 0 bridgehead atoms. The Labute approximate surface area is 109 Å². The number of rotatable bonds is 7. The Hall–Kier alpha value is -1.10. The minimum absolute atomic E-state index is 0.00130. The maximum atomic E-state index is 11.8. The van der Waals surface area contributed by atoms with Crippen molar-refractivity contribution in [3.8, 4) is 0 Å². The lowest BCUT2D eigenvalue weighted by molar-refractivity contribution is -0.129. The summed E-state index contributed by atoms with van der Waals surface area (Å²) in [6, 6.07) is 0. The van der Waals surface area contributed by atoms with Gasteiger partial charge >= 0.3 is 0 Å². The summed E-state index contributed by atoms with van der Waals surface area (Å²) < 4.78 is 0. The van der Waals surface area contributed by atoms with Gasteiger partial charge in [0.15, 0.2) is 0 Å². The molecule has 0 spiro atoms. The van der Waals surface area contributed by atoms with E-state index >= 15 is 0 Å². The molecule has 0 aromatic carbocycles. The predicted molar refractivity (Wildman–Crippen MR) is 70.9 cm³/mol. The first kappa shape index (κ1) is 15.0. The highest BCUT2D eigenvalue weighted by Crippen LogP contribution is 2.38. The monoisotopic (exact) mass is 255 g/mol. The number of nitrogens with two attached hydrogens (primary N) is 1. The highest BCUT2D eigenvalue weighted by atomic mass is 16.2. The third-order valence-electron chi connectivity index (χ3n) is 3.62. The molecular weight excluding hydrogens is 230 g/mol. The Bertz CT molecular complexity index is 313. The van der Waals surface area contributed by atoms with E-state index in [1.807, 2.05) is 6.92 Å². The van der Waals surface area contributed by atoms with Gasteiger partial charge in [-0.05, 0) is 32.1 Å². The van der Waals surface area contributed by atoms with E-state index in [1.54, 1.807) is 19.0 Å². The SMILES string of the molecule is CN(C)C(=O)CCCC(=O)NC(C)(CN)C1CC1. The van der Waals surface area contributed by atoms with Crippen LogP contribution in [0.1, 0.15) is 39.0 Å². The molecule has 1 saturated carbocycles. The van der Waals surface area contributed by atoms with Crippen molar-refractivity contribution in [1.29, 1.82) is 0 Å². The first-order valence-electron chi connectivity index (χ1n) is 6.60. The minimum Gasteiger partial charge on any atom is -0.349 e. The van der Waals surface area contributed by atoms with Gasteiger partial charge in [-0.25, -0.2) is 0 Å². The van der Waals surface area contributed by atoms with Crippen LogP contribution in [0.25, 0.3) is 0 Å². The van der Waals surface area contributed by atoms with Crippen LogP contribution in [0.5, 0.6) is 0 Å². The summed E-state index contributed by atoms with van der Waals surface area (Å²) in [5.41, 5.74) is 5.48. The average molecular weight is 255 g/mol. The van der Waals surface area contributed by atoms with Crippen LogP contribution in [0.15, 0.2) is 0 Å². The van der Waals surface area contributed by atoms with Gasteiger partial charge in [0.05, 0.1) is 5.54 Å². The summed E-state index contributed by atoms with van der Waals surface area (Å²) >= 11 is 0. The van der Waals surface area contributed by atoms with Gasteiger partial charge in [-0.15, -0.1) is 0 Å². The number of hydrogen-bond donors (Lipinski definition) is 2. The summed E-state index contributed by atoms with van der Waals surface area (Å²) in [4.78, 5) is 24.7. The van der Waals surface area contributed by atoms with Crippen molar-refractivity contribution in [1.82, 2.24) is 10.2 Å². The van der Waals surface area contributed by atoms with Crippen LogP contribution in [-0.4, -0.2) is 42.9 Å². The normalized spacial score (nSPS) is 18.0. The highest BCUT2D eigenvalue weighted by Gasteiger charge is 2.41. The average Bonchev–Trinajstić information content (AvgIpc) is 3.12. The van der Waals surface area contributed by atoms with E-state index in [4.69, 9.17) is 5.73 Å². The van der Waals surface area contributed by atoms with Crippen LogP contribution in [0, 0.1) is 5.92 Å². The molecule has 1 fully saturated rings. The van der Waals surface area contributed by atoms with Crippen LogP contribution in [0.2, 0.25) is 0 Å². The fraction of sp³-hybridized carbons (Fsp3) is 0.846. The van der Waals surface area contributed by atoms with Crippen LogP contribution >= 0.6 is 0 Å².